The van der Waals surface area contributed by atoms with E-state index in [9.17, 15) is 34.5 Å². The number of anilines is 1. The average molecular weight is 898 g/mol. The van der Waals surface area contributed by atoms with E-state index in [1.807, 2.05) is 0 Å². The molecule has 3 aliphatic heterocycles. The van der Waals surface area contributed by atoms with Gasteiger partial charge < -0.3 is 53.6 Å². The second kappa shape index (κ2) is 18.6. The summed E-state index contributed by atoms with van der Waals surface area (Å²) in [4.78, 5) is 62.7. The van der Waals surface area contributed by atoms with Gasteiger partial charge in [-0.2, -0.15) is 0 Å². The zero-order valence-electron chi connectivity index (χ0n) is 38.5. The predicted molar refractivity (Wildman–Crippen MR) is 243 cm³/mol. The first-order valence-corrected chi connectivity index (χ1v) is 22.0. The number of aliphatic hydroxyl groups excluding tert-OH is 2. The molecule has 0 saturated carbocycles. The monoisotopic (exact) mass is 897 g/mol. The SMILES string of the molecule is CO[C@H]1/C=C/O[C@@]2(C)Oc3c(C)c(=O)c4c(O)c(c5oc6cc(OC7CCN(C)CC7)ccc6nc5c4c3C2=O)NC(=O)/C(C)=C\C=C\[C@H](C)[C@H](O)[C@@H](C)[C@@H](O)[C@@H](C)[C@H](OC(C)=O)[C@@H]1C. The number of Topliss-reactive ketones (excluding diaryl/α,β-unsaturated/α-hetero) is 1. The second-order valence-electron chi connectivity index (χ2n) is 18.0. The number of nitrogens with zero attached hydrogens (tertiary/aromatic N) is 2. The van der Waals surface area contributed by atoms with E-state index in [1.165, 1.54) is 46.3 Å². The maximum Gasteiger partial charge on any atom is 0.312 e. The Hall–Kier alpha value is -5.81. The van der Waals surface area contributed by atoms with E-state index in [4.69, 9.17) is 33.1 Å². The Morgan fingerprint density at radius 3 is 2.37 bits per heavy atom. The van der Waals surface area contributed by atoms with Crippen molar-refractivity contribution in [3.05, 3.63) is 75.7 Å². The van der Waals surface area contributed by atoms with Crippen LogP contribution in [0.1, 0.15) is 77.2 Å². The van der Waals surface area contributed by atoms with Crippen molar-refractivity contribution in [3.8, 4) is 17.2 Å². The molecule has 16 nitrogen and oxygen atoms in total. The van der Waals surface area contributed by atoms with Gasteiger partial charge in [0.1, 0.15) is 40.4 Å². The van der Waals surface area contributed by atoms with Crippen LogP contribution in [0.2, 0.25) is 0 Å². The number of likely N-dealkylation sites (tertiary alicyclic amines) is 1. The van der Waals surface area contributed by atoms with Gasteiger partial charge in [0, 0.05) is 80.3 Å². The summed E-state index contributed by atoms with van der Waals surface area (Å²) in [5.74, 6) is -6.70. The highest BCUT2D eigenvalue weighted by molar-refractivity contribution is 6.26. The number of hydrogen-bond acceptors (Lipinski definition) is 15. The molecule has 348 valence electrons. The number of amides is 1. The van der Waals surface area contributed by atoms with Crippen LogP contribution in [-0.4, -0.2) is 106 Å². The predicted octanol–water partition coefficient (Wildman–Crippen LogP) is 6.47. The number of ether oxygens (including phenoxy) is 5. The van der Waals surface area contributed by atoms with Crippen LogP contribution in [0.25, 0.3) is 33.0 Å². The lowest BCUT2D eigenvalue weighted by atomic mass is 9.78. The molecule has 4 aromatic rings. The van der Waals surface area contributed by atoms with Crippen molar-refractivity contribution in [1.29, 1.82) is 0 Å². The third-order valence-electron chi connectivity index (χ3n) is 13.3. The maximum absolute atomic E-state index is 14.7. The minimum Gasteiger partial charge on any atom is -0.505 e. The number of rotatable bonds is 4. The van der Waals surface area contributed by atoms with Gasteiger partial charge in [0.25, 0.3) is 11.7 Å². The number of esters is 1. The van der Waals surface area contributed by atoms with Gasteiger partial charge in [-0.3, -0.25) is 19.2 Å². The van der Waals surface area contributed by atoms with Crippen LogP contribution in [0.15, 0.2) is 63.6 Å². The Morgan fingerprint density at radius 1 is 0.985 bits per heavy atom. The van der Waals surface area contributed by atoms with Gasteiger partial charge in [-0.25, -0.2) is 4.98 Å². The molecule has 3 aliphatic rings. The molecule has 7 rings (SSSR count). The topological polar surface area (TPSA) is 216 Å². The van der Waals surface area contributed by atoms with Gasteiger partial charge in [-0.05, 0) is 51.9 Å². The fraction of sp³-hybridized carbons (Fsp3) is 0.490. The van der Waals surface area contributed by atoms with Crippen LogP contribution in [0.3, 0.4) is 0 Å². The normalized spacial score (nSPS) is 30.4. The van der Waals surface area contributed by atoms with Gasteiger partial charge in [-0.1, -0.05) is 45.9 Å². The lowest BCUT2D eigenvalue weighted by molar-refractivity contribution is -0.160. The molecule has 4 bridgehead atoms. The summed E-state index contributed by atoms with van der Waals surface area (Å²) in [6.07, 6.45) is 5.28. The van der Waals surface area contributed by atoms with Crippen molar-refractivity contribution in [1.82, 2.24) is 9.88 Å². The molecular formula is C49H59N3O13. The molecule has 3 aromatic carbocycles. The number of aliphatic hydroxyl groups is 2. The largest absolute Gasteiger partial charge is 0.505 e. The summed E-state index contributed by atoms with van der Waals surface area (Å²) in [5, 5.41) is 37.5. The number of allylic oxidation sites excluding steroid dienone is 2. The van der Waals surface area contributed by atoms with Gasteiger partial charge in [0.2, 0.25) is 0 Å². The lowest BCUT2D eigenvalue weighted by Crippen LogP contribution is -2.46. The lowest BCUT2D eigenvalue weighted by Gasteiger charge is -2.38. The third-order valence-corrected chi connectivity index (χ3v) is 13.3. The first-order valence-electron chi connectivity index (χ1n) is 22.0. The Bertz CT molecular complexity index is 2680. The van der Waals surface area contributed by atoms with Crippen LogP contribution in [-0.2, 0) is 23.8 Å². The number of hydrogen-bond donors (Lipinski definition) is 4. The number of fused-ring (bicyclic) bond motifs is 2. The molecular weight excluding hydrogens is 839 g/mol. The molecule has 4 N–H and O–H groups in total. The minimum atomic E-state index is -2.04. The van der Waals surface area contributed by atoms with E-state index in [0.29, 0.717) is 11.3 Å². The summed E-state index contributed by atoms with van der Waals surface area (Å²) in [7, 11) is 3.51. The number of carbonyl (C=O) groups is 3. The summed E-state index contributed by atoms with van der Waals surface area (Å²) in [5.41, 5.74) is -0.421. The quantitative estimate of drug-likeness (QED) is 0.0747. The van der Waals surface area contributed by atoms with Crippen molar-refractivity contribution in [2.24, 2.45) is 23.7 Å². The summed E-state index contributed by atoms with van der Waals surface area (Å²) in [6.45, 7) is 14.4. The van der Waals surface area contributed by atoms with Gasteiger partial charge >= 0.3 is 11.8 Å². The zero-order chi connectivity index (χ0) is 47.2. The van der Waals surface area contributed by atoms with Crippen LogP contribution in [0, 0.1) is 30.6 Å². The van der Waals surface area contributed by atoms with E-state index in [2.05, 4.69) is 17.3 Å². The van der Waals surface area contributed by atoms with Crippen molar-refractivity contribution in [2.45, 2.75) is 105 Å². The smallest absolute Gasteiger partial charge is 0.312 e. The van der Waals surface area contributed by atoms with Gasteiger partial charge in [-0.15, -0.1) is 0 Å². The van der Waals surface area contributed by atoms with Crippen molar-refractivity contribution >= 4 is 56.3 Å². The molecule has 0 aliphatic carbocycles. The number of methoxy groups -OCH3 is 1. The fourth-order valence-electron chi connectivity index (χ4n) is 9.15. The molecule has 1 saturated heterocycles. The number of aromatic hydroxyl groups is 1. The van der Waals surface area contributed by atoms with Crippen molar-refractivity contribution < 1.29 is 57.8 Å². The number of phenols is 1. The van der Waals surface area contributed by atoms with Gasteiger partial charge in [0.15, 0.2) is 22.3 Å². The van der Waals surface area contributed by atoms with Crippen molar-refractivity contribution in [3.63, 3.8) is 0 Å². The number of nitrogens with one attached hydrogen (secondary N) is 1. The standard InChI is InChI=1S/C49H59N3O13/c1-23-12-11-13-24(2)48(59)51-39-43(57)36-35(38-46(39)64-34-22-31(14-15-32(34)50-38)63-30-16-19-52(9)20-17-30)37-45(28(6)42(36)56)65-49(8,47(37)58)61-21-18-33(60-10)25(3)44(62-29(7)53)27(5)41(55)26(4)40(23)54/h11-15,18,21-23,25-27,30,33,40-41,44,54-55,57H,16-17,19-20H2,1-10H3,(H,51,59)/b12-11+,21-18+,24-13-/t23-,25+,26+,27+,33-,40-,41+,44+,49-/m0/s1. The molecule has 65 heavy (non-hydrogen) atoms. The molecule has 1 aromatic heterocycles. The first-order chi connectivity index (χ1) is 30.8. The Balaban J connectivity index is 1.42. The maximum atomic E-state index is 14.7. The molecule has 1 amide bonds. The molecule has 0 spiro atoms. The van der Waals surface area contributed by atoms with E-state index in [-0.39, 0.29) is 61.7 Å². The Morgan fingerprint density at radius 2 is 1.69 bits per heavy atom. The number of benzene rings is 3. The number of piperidine rings is 1. The van der Waals surface area contributed by atoms with Gasteiger partial charge in [0.05, 0.1) is 35.5 Å². The van der Waals surface area contributed by atoms with Crippen molar-refractivity contribution in [2.75, 3.05) is 32.6 Å². The van der Waals surface area contributed by atoms with E-state index in [1.54, 1.807) is 65.0 Å². The molecule has 0 radical (unpaired) electrons. The van der Waals surface area contributed by atoms with E-state index >= 15 is 0 Å². The molecule has 1 fully saturated rings. The Kier molecular flexibility index (Phi) is 13.5. The molecule has 16 heteroatoms. The first kappa shape index (κ1) is 47.2. The highest BCUT2D eigenvalue weighted by Gasteiger charge is 2.49. The third kappa shape index (κ3) is 8.96. The highest BCUT2D eigenvalue weighted by atomic mass is 16.7. The minimum absolute atomic E-state index is 0.00469. The number of carbonyl (C=O) groups excluding carboxylic acids is 3. The molecule has 0 unspecified atom stereocenters. The zero-order valence-corrected chi connectivity index (χ0v) is 38.5. The molecule has 4 heterocycles. The summed E-state index contributed by atoms with van der Waals surface area (Å²) < 4.78 is 36.7. The van der Waals surface area contributed by atoms with E-state index in [0.717, 1.165) is 25.9 Å². The van der Waals surface area contributed by atoms with Crippen LogP contribution >= 0.6 is 0 Å². The van der Waals surface area contributed by atoms with E-state index < -0.39 is 82.7 Å². The van der Waals surface area contributed by atoms with Crippen LogP contribution in [0.4, 0.5) is 5.69 Å². The number of ketones is 1. The highest BCUT2D eigenvalue weighted by Crippen LogP contribution is 2.48. The number of aromatic nitrogens is 1. The average Bonchev–Trinajstić information content (AvgIpc) is 3.54. The fourth-order valence-corrected chi connectivity index (χ4v) is 9.15. The van der Waals surface area contributed by atoms with Crippen LogP contribution < -0.4 is 20.2 Å². The molecule has 9 atom stereocenters. The number of phenolic OH excluding ortho intramolecular Hbond substituents is 1. The summed E-state index contributed by atoms with van der Waals surface area (Å²) in [6, 6.07) is 5.13. The summed E-state index contributed by atoms with van der Waals surface area (Å²) >= 11 is 0. The second-order valence-corrected chi connectivity index (χ2v) is 18.0. The van der Waals surface area contributed by atoms with Crippen LogP contribution in [0.5, 0.6) is 17.2 Å². The Labute approximate surface area is 376 Å².